The summed E-state index contributed by atoms with van der Waals surface area (Å²) in [6.07, 6.45) is 3.60. The lowest BCUT2D eigenvalue weighted by atomic mass is 10.0. The predicted octanol–water partition coefficient (Wildman–Crippen LogP) is 0.803. The highest BCUT2D eigenvalue weighted by Crippen LogP contribution is 2.22. The van der Waals surface area contributed by atoms with E-state index in [9.17, 15) is 4.79 Å². The topological polar surface area (TPSA) is 96.6 Å². The number of rotatable bonds is 5. The van der Waals surface area contributed by atoms with Gasteiger partial charge in [-0.05, 0) is 18.8 Å². The van der Waals surface area contributed by atoms with Crippen LogP contribution in [-0.2, 0) is 9.53 Å². The Morgan fingerprint density at radius 1 is 1.22 bits per heavy atom. The number of aromatic nitrogens is 2. The minimum absolute atomic E-state index is 0. The zero-order valence-corrected chi connectivity index (χ0v) is 17.0. The minimum Gasteiger partial charge on any atom is -0.378 e. The van der Waals surface area contributed by atoms with Gasteiger partial charge in [-0.2, -0.15) is 0 Å². The van der Waals surface area contributed by atoms with Gasteiger partial charge in [0.25, 0.3) is 0 Å². The van der Waals surface area contributed by atoms with Crippen LogP contribution in [0.25, 0.3) is 0 Å². The number of carbonyl (C=O) groups is 1. The van der Waals surface area contributed by atoms with Crippen LogP contribution in [0.1, 0.15) is 26.7 Å². The molecule has 2 aliphatic heterocycles. The lowest BCUT2D eigenvalue weighted by molar-refractivity contribution is -0.124. The molecule has 1 aromatic heterocycles. The zero-order valence-electron chi connectivity index (χ0n) is 16.1. The van der Waals surface area contributed by atoms with Gasteiger partial charge in [0.2, 0.25) is 5.91 Å². The number of amides is 1. The Bertz CT molecular complexity index is 611. The van der Waals surface area contributed by atoms with Crippen LogP contribution < -0.4 is 20.9 Å². The normalized spacial score (nSPS) is 21.6. The summed E-state index contributed by atoms with van der Waals surface area (Å²) in [4.78, 5) is 25.6. The van der Waals surface area contributed by atoms with E-state index in [1.54, 1.807) is 6.33 Å². The lowest BCUT2D eigenvalue weighted by Crippen LogP contribution is -2.53. The van der Waals surface area contributed by atoms with Crippen molar-refractivity contribution in [1.82, 2.24) is 15.3 Å². The van der Waals surface area contributed by atoms with Crippen molar-refractivity contribution in [1.29, 1.82) is 0 Å². The molecule has 8 nitrogen and oxygen atoms in total. The highest BCUT2D eigenvalue weighted by atomic mass is 35.5. The Labute approximate surface area is 167 Å². The molecule has 0 radical (unpaired) electrons. The molecule has 2 aliphatic rings. The number of anilines is 2. The molecule has 1 unspecified atom stereocenters. The highest BCUT2D eigenvalue weighted by molar-refractivity contribution is 5.85. The fourth-order valence-corrected chi connectivity index (χ4v) is 3.38. The number of ether oxygens (including phenoxy) is 1. The standard InChI is InChI=1S/C18H30N6O2.ClH/c1-13(2)17(19)18(25)22-14-4-3-5-24(11-14)16-10-15(20-12-21-16)23-6-8-26-9-7-23;/h10,12-14,17H,3-9,11,19H2,1-2H3,(H,22,25);1H/t14?,17-;/m0./s1. The van der Waals surface area contributed by atoms with E-state index >= 15 is 0 Å². The van der Waals surface area contributed by atoms with Crippen molar-refractivity contribution in [2.45, 2.75) is 38.8 Å². The first kappa shape index (κ1) is 21.7. The van der Waals surface area contributed by atoms with Gasteiger partial charge in [0.15, 0.2) is 0 Å². The quantitative estimate of drug-likeness (QED) is 0.757. The molecule has 1 aromatic rings. The molecule has 0 bridgehead atoms. The smallest absolute Gasteiger partial charge is 0.237 e. The largest absolute Gasteiger partial charge is 0.378 e. The maximum Gasteiger partial charge on any atom is 0.237 e. The number of nitrogens with zero attached hydrogens (tertiary/aromatic N) is 4. The Kier molecular flexibility index (Phi) is 8.07. The second-order valence-electron chi connectivity index (χ2n) is 7.40. The SMILES string of the molecule is CC(C)[C@H](N)C(=O)NC1CCCN(c2cc(N3CCOCC3)ncn2)C1.Cl. The number of halogens is 1. The van der Waals surface area contributed by atoms with Crippen molar-refractivity contribution in [2.75, 3.05) is 49.2 Å². The third-order valence-corrected chi connectivity index (χ3v) is 5.09. The fraction of sp³-hybridized carbons (Fsp3) is 0.722. The number of nitrogens with one attached hydrogen (secondary N) is 1. The van der Waals surface area contributed by atoms with Gasteiger partial charge in [-0.3, -0.25) is 4.79 Å². The summed E-state index contributed by atoms with van der Waals surface area (Å²) >= 11 is 0. The van der Waals surface area contributed by atoms with E-state index in [4.69, 9.17) is 10.5 Å². The van der Waals surface area contributed by atoms with Crippen molar-refractivity contribution in [3.8, 4) is 0 Å². The van der Waals surface area contributed by atoms with Gasteiger partial charge in [0.05, 0.1) is 19.3 Å². The molecule has 9 heteroatoms. The molecular formula is C18H31ClN6O2. The van der Waals surface area contributed by atoms with E-state index in [1.165, 1.54) is 0 Å². The van der Waals surface area contributed by atoms with E-state index < -0.39 is 6.04 Å². The van der Waals surface area contributed by atoms with Gasteiger partial charge >= 0.3 is 0 Å². The Morgan fingerprint density at radius 3 is 2.56 bits per heavy atom. The summed E-state index contributed by atoms with van der Waals surface area (Å²) in [5.74, 6) is 1.91. The van der Waals surface area contributed by atoms with Gasteiger partial charge in [0, 0.05) is 38.3 Å². The number of hydrogen-bond donors (Lipinski definition) is 2. The van der Waals surface area contributed by atoms with Crippen molar-refractivity contribution >= 4 is 29.9 Å². The van der Waals surface area contributed by atoms with Crippen LogP contribution in [0.3, 0.4) is 0 Å². The summed E-state index contributed by atoms with van der Waals surface area (Å²) in [5, 5.41) is 3.10. The third-order valence-electron chi connectivity index (χ3n) is 5.09. The van der Waals surface area contributed by atoms with Crippen LogP contribution in [0.4, 0.5) is 11.6 Å². The molecule has 3 rings (SSSR count). The average molecular weight is 399 g/mol. The molecule has 0 saturated carbocycles. The monoisotopic (exact) mass is 398 g/mol. The summed E-state index contributed by atoms with van der Waals surface area (Å²) in [5.41, 5.74) is 5.96. The maximum atomic E-state index is 12.3. The van der Waals surface area contributed by atoms with Crippen LogP contribution in [0.5, 0.6) is 0 Å². The summed E-state index contributed by atoms with van der Waals surface area (Å²) in [6, 6.07) is 1.68. The van der Waals surface area contributed by atoms with E-state index in [-0.39, 0.29) is 30.3 Å². The molecule has 0 aliphatic carbocycles. The van der Waals surface area contributed by atoms with Crippen LogP contribution in [0, 0.1) is 5.92 Å². The molecule has 2 fully saturated rings. The second-order valence-corrected chi connectivity index (χ2v) is 7.40. The average Bonchev–Trinajstić information content (AvgIpc) is 2.68. The van der Waals surface area contributed by atoms with Crippen LogP contribution in [0.2, 0.25) is 0 Å². The number of piperidine rings is 1. The van der Waals surface area contributed by atoms with E-state index in [0.717, 1.165) is 63.9 Å². The van der Waals surface area contributed by atoms with E-state index in [2.05, 4.69) is 25.1 Å². The summed E-state index contributed by atoms with van der Waals surface area (Å²) < 4.78 is 5.41. The molecule has 152 valence electrons. The van der Waals surface area contributed by atoms with Gasteiger partial charge < -0.3 is 25.6 Å². The molecule has 3 N–H and O–H groups in total. The van der Waals surface area contributed by atoms with Crippen molar-refractivity contribution in [3.63, 3.8) is 0 Å². The number of nitrogens with two attached hydrogens (primary N) is 1. The molecule has 2 saturated heterocycles. The van der Waals surface area contributed by atoms with Gasteiger partial charge in [0.1, 0.15) is 18.0 Å². The van der Waals surface area contributed by atoms with Crippen LogP contribution in [0.15, 0.2) is 12.4 Å². The summed E-state index contributed by atoms with van der Waals surface area (Å²) in [6.45, 7) is 8.76. The maximum absolute atomic E-state index is 12.3. The molecular weight excluding hydrogens is 368 g/mol. The van der Waals surface area contributed by atoms with Crippen molar-refractivity contribution in [2.24, 2.45) is 11.7 Å². The Balaban J connectivity index is 0.00000261. The Hall–Kier alpha value is -1.64. The van der Waals surface area contributed by atoms with Crippen LogP contribution >= 0.6 is 12.4 Å². The number of hydrogen-bond acceptors (Lipinski definition) is 7. The lowest BCUT2D eigenvalue weighted by Gasteiger charge is -2.35. The van der Waals surface area contributed by atoms with Crippen LogP contribution in [-0.4, -0.2) is 67.4 Å². The molecule has 2 atom stereocenters. The first-order valence-corrected chi connectivity index (χ1v) is 9.50. The first-order valence-electron chi connectivity index (χ1n) is 9.50. The first-order chi connectivity index (χ1) is 12.5. The molecule has 0 spiro atoms. The van der Waals surface area contributed by atoms with Gasteiger partial charge in [-0.15, -0.1) is 12.4 Å². The molecule has 3 heterocycles. The number of carbonyl (C=O) groups excluding carboxylic acids is 1. The molecule has 1 amide bonds. The zero-order chi connectivity index (χ0) is 18.5. The van der Waals surface area contributed by atoms with Crippen molar-refractivity contribution < 1.29 is 9.53 Å². The van der Waals surface area contributed by atoms with Crippen molar-refractivity contribution in [3.05, 3.63) is 12.4 Å². The molecule has 0 aromatic carbocycles. The van der Waals surface area contributed by atoms with Gasteiger partial charge in [-0.1, -0.05) is 13.8 Å². The number of morpholine rings is 1. The second kappa shape index (κ2) is 10.1. The van der Waals surface area contributed by atoms with Gasteiger partial charge in [-0.25, -0.2) is 9.97 Å². The molecule has 27 heavy (non-hydrogen) atoms. The third kappa shape index (κ3) is 5.67. The minimum atomic E-state index is -0.461. The summed E-state index contributed by atoms with van der Waals surface area (Å²) in [7, 11) is 0. The fourth-order valence-electron chi connectivity index (χ4n) is 3.38. The predicted molar refractivity (Wildman–Crippen MR) is 109 cm³/mol. The van der Waals surface area contributed by atoms with E-state index in [1.807, 2.05) is 19.9 Å². The van der Waals surface area contributed by atoms with E-state index in [0.29, 0.717) is 0 Å². The Morgan fingerprint density at radius 2 is 1.89 bits per heavy atom. The highest BCUT2D eigenvalue weighted by Gasteiger charge is 2.26.